The van der Waals surface area contributed by atoms with Crippen LogP contribution in [0.2, 0.25) is 5.02 Å². The van der Waals surface area contributed by atoms with E-state index in [4.69, 9.17) is 11.6 Å². The number of rotatable bonds is 6. The molecule has 1 aromatic carbocycles. The second kappa shape index (κ2) is 8.75. The molecule has 0 saturated heterocycles. The fourth-order valence-corrected chi connectivity index (χ4v) is 3.64. The van der Waals surface area contributed by atoms with Crippen molar-refractivity contribution in [3.05, 3.63) is 34.6 Å². The van der Waals surface area contributed by atoms with Crippen LogP contribution in [-0.2, 0) is 6.42 Å². The standard InChI is InChI=1S/C18H27ClFN/c1-2-10-21-13-15-7-5-3-4-6-14(15)11-16-12-17(19)8-9-18(16)20/h8-9,12,14-15,21H,2-7,10-11,13H2,1H3. The first-order valence-corrected chi connectivity index (χ1v) is 8.73. The van der Waals surface area contributed by atoms with E-state index in [-0.39, 0.29) is 5.82 Å². The van der Waals surface area contributed by atoms with Gasteiger partial charge in [-0.15, -0.1) is 0 Å². The normalized spacial score (nSPS) is 23.0. The quantitative estimate of drug-likeness (QED) is 0.561. The van der Waals surface area contributed by atoms with Crippen molar-refractivity contribution in [1.82, 2.24) is 5.32 Å². The van der Waals surface area contributed by atoms with Crippen molar-refractivity contribution in [3.63, 3.8) is 0 Å². The summed E-state index contributed by atoms with van der Waals surface area (Å²) in [6.07, 6.45) is 8.38. The molecule has 0 spiro atoms. The SMILES string of the molecule is CCCNCC1CCCCCC1Cc1cc(Cl)ccc1F. The van der Waals surface area contributed by atoms with Gasteiger partial charge >= 0.3 is 0 Å². The Hall–Kier alpha value is -0.600. The van der Waals surface area contributed by atoms with Crippen LogP contribution in [0.3, 0.4) is 0 Å². The van der Waals surface area contributed by atoms with E-state index >= 15 is 0 Å². The highest BCUT2D eigenvalue weighted by Gasteiger charge is 2.24. The molecule has 1 aromatic rings. The molecule has 1 aliphatic carbocycles. The van der Waals surface area contributed by atoms with Crippen LogP contribution in [0.25, 0.3) is 0 Å². The zero-order valence-electron chi connectivity index (χ0n) is 13.0. The topological polar surface area (TPSA) is 12.0 Å². The van der Waals surface area contributed by atoms with Crippen molar-refractivity contribution < 1.29 is 4.39 Å². The van der Waals surface area contributed by atoms with Gasteiger partial charge in [-0.25, -0.2) is 4.39 Å². The van der Waals surface area contributed by atoms with E-state index in [0.29, 0.717) is 16.9 Å². The fourth-order valence-electron chi connectivity index (χ4n) is 3.45. The minimum atomic E-state index is -0.107. The lowest BCUT2D eigenvalue weighted by molar-refractivity contribution is 0.295. The number of hydrogen-bond acceptors (Lipinski definition) is 1. The van der Waals surface area contributed by atoms with Crippen LogP contribution >= 0.6 is 11.6 Å². The van der Waals surface area contributed by atoms with E-state index in [9.17, 15) is 4.39 Å². The van der Waals surface area contributed by atoms with Gasteiger partial charge in [-0.3, -0.25) is 0 Å². The van der Waals surface area contributed by atoms with Gasteiger partial charge in [0, 0.05) is 5.02 Å². The molecule has 1 aliphatic rings. The zero-order chi connectivity index (χ0) is 15.1. The van der Waals surface area contributed by atoms with E-state index in [1.807, 2.05) is 0 Å². The molecular formula is C18H27ClFN. The van der Waals surface area contributed by atoms with Crippen LogP contribution in [0.4, 0.5) is 4.39 Å². The molecule has 1 nitrogen and oxygen atoms in total. The lowest BCUT2D eigenvalue weighted by atomic mass is 9.83. The summed E-state index contributed by atoms with van der Waals surface area (Å²) < 4.78 is 14.0. The summed E-state index contributed by atoms with van der Waals surface area (Å²) >= 11 is 6.03. The summed E-state index contributed by atoms with van der Waals surface area (Å²) in [5.41, 5.74) is 0.787. The Balaban J connectivity index is 2.03. The van der Waals surface area contributed by atoms with Crippen LogP contribution in [0, 0.1) is 17.7 Å². The summed E-state index contributed by atoms with van der Waals surface area (Å²) in [5, 5.41) is 4.19. The number of nitrogens with one attached hydrogen (secondary N) is 1. The van der Waals surface area contributed by atoms with E-state index < -0.39 is 0 Å². The van der Waals surface area contributed by atoms with Crippen LogP contribution < -0.4 is 5.32 Å². The van der Waals surface area contributed by atoms with E-state index in [0.717, 1.165) is 25.1 Å². The molecular weight excluding hydrogens is 285 g/mol. The third-order valence-corrected chi connectivity index (χ3v) is 4.87. The molecule has 1 saturated carbocycles. The van der Waals surface area contributed by atoms with Crippen LogP contribution in [0.5, 0.6) is 0 Å². The van der Waals surface area contributed by atoms with Crippen LogP contribution in [0.15, 0.2) is 18.2 Å². The van der Waals surface area contributed by atoms with Crippen molar-refractivity contribution in [2.45, 2.75) is 51.9 Å². The molecule has 3 heteroatoms. The smallest absolute Gasteiger partial charge is 0.126 e. The molecule has 0 aliphatic heterocycles. The molecule has 21 heavy (non-hydrogen) atoms. The Labute approximate surface area is 133 Å². The van der Waals surface area contributed by atoms with Gasteiger partial charge in [0.1, 0.15) is 5.82 Å². The summed E-state index contributed by atoms with van der Waals surface area (Å²) in [6.45, 7) is 4.34. The molecule has 0 bridgehead atoms. The molecule has 1 fully saturated rings. The lowest BCUT2D eigenvalue weighted by Crippen LogP contribution is -2.29. The Bertz CT molecular complexity index is 435. The molecule has 0 heterocycles. The van der Waals surface area contributed by atoms with Gasteiger partial charge in [0.2, 0.25) is 0 Å². The van der Waals surface area contributed by atoms with Crippen molar-refractivity contribution in [2.75, 3.05) is 13.1 Å². The minimum absolute atomic E-state index is 0.107. The number of benzene rings is 1. The van der Waals surface area contributed by atoms with E-state index in [2.05, 4.69) is 12.2 Å². The second-order valence-electron chi connectivity index (χ2n) is 6.30. The van der Waals surface area contributed by atoms with E-state index in [1.165, 1.54) is 44.6 Å². The molecule has 1 N–H and O–H groups in total. The Morgan fingerprint density at radius 3 is 2.71 bits per heavy atom. The fraction of sp³-hybridized carbons (Fsp3) is 0.667. The third kappa shape index (κ3) is 5.27. The van der Waals surface area contributed by atoms with Gasteiger partial charge in [-0.05, 0) is 74.4 Å². The predicted octanol–water partition coefficient (Wildman–Crippen LogP) is 5.22. The highest BCUT2D eigenvalue weighted by Crippen LogP contribution is 2.32. The highest BCUT2D eigenvalue weighted by molar-refractivity contribution is 6.30. The molecule has 0 aromatic heterocycles. The van der Waals surface area contributed by atoms with Crippen molar-refractivity contribution in [2.24, 2.45) is 11.8 Å². The van der Waals surface area contributed by atoms with Crippen molar-refractivity contribution in [1.29, 1.82) is 0 Å². The Morgan fingerprint density at radius 2 is 1.95 bits per heavy atom. The largest absolute Gasteiger partial charge is 0.316 e. The maximum atomic E-state index is 14.0. The minimum Gasteiger partial charge on any atom is -0.316 e. The van der Waals surface area contributed by atoms with Crippen LogP contribution in [0.1, 0.15) is 51.0 Å². The van der Waals surface area contributed by atoms with Gasteiger partial charge in [0.25, 0.3) is 0 Å². The molecule has 2 atom stereocenters. The van der Waals surface area contributed by atoms with Gasteiger partial charge in [0.15, 0.2) is 0 Å². The predicted molar refractivity (Wildman–Crippen MR) is 88.3 cm³/mol. The maximum Gasteiger partial charge on any atom is 0.126 e. The van der Waals surface area contributed by atoms with Gasteiger partial charge < -0.3 is 5.32 Å². The van der Waals surface area contributed by atoms with Gasteiger partial charge in [-0.2, -0.15) is 0 Å². The zero-order valence-corrected chi connectivity index (χ0v) is 13.8. The average Bonchev–Trinajstić information content (AvgIpc) is 2.69. The number of halogens is 2. The third-order valence-electron chi connectivity index (χ3n) is 4.64. The second-order valence-corrected chi connectivity index (χ2v) is 6.74. The first-order valence-electron chi connectivity index (χ1n) is 8.35. The highest BCUT2D eigenvalue weighted by atomic mass is 35.5. The summed E-state index contributed by atoms with van der Waals surface area (Å²) in [4.78, 5) is 0. The molecule has 0 radical (unpaired) electrons. The molecule has 118 valence electrons. The molecule has 0 amide bonds. The van der Waals surface area contributed by atoms with Crippen molar-refractivity contribution >= 4 is 11.6 Å². The number of hydrogen-bond donors (Lipinski definition) is 1. The monoisotopic (exact) mass is 311 g/mol. The lowest BCUT2D eigenvalue weighted by Gasteiger charge is -2.26. The Morgan fingerprint density at radius 1 is 1.19 bits per heavy atom. The van der Waals surface area contributed by atoms with Crippen LogP contribution in [-0.4, -0.2) is 13.1 Å². The summed E-state index contributed by atoms with van der Waals surface area (Å²) in [6, 6.07) is 4.94. The molecule has 2 rings (SSSR count). The van der Waals surface area contributed by atoms with Crippen molar-refractivity contribution in [3.8, 4) is 0 Å². The summed E-state index contributed by atoms with van der Waals surface area (Å²) in [5.74, 6) is 1.13. The molecule has 2 unspecified atom stereocenters. The first kappa shape index (κ1) is 16.8. The van der Waals surface area contributed by atoms with E-state index in [1.54, 1.807) is 12.1 Å². The first-order chi connectivity index (χ1) is 10.2. The maximum absolute atomic E-state index is 14.0. The Kier molecular flexibility index (Phi) is 6.98. The summed E-state index contributed by atoms with van der Waals surface area (Å²) in [7, 11) is 0. The average molecular weight is 312 g/mol. The van der Waals surface area contributed by atoms with Gasteiger partial charge in [0.05, 0.1) is 0 Å². The van der Waals surface area contributed by atoms with Gasteiger partial charge in [-0.1, -0.05) is 37.8 Å².